The number of ether oxygens (including phenoxy) is 1. The summed E-state index contributed by atoms with van der Waals surface area (Å²) in [5, 5.41) is 12.0. The van der Waals surface area contributed by atoms with Crippen LogP contribution in [0, 0.1) is 0 Å². The van der Waals surface area contributed by atoms with Crippen LogP contribution in [0.15, 0.2) is 36.4 Å². The molecule has 3 N–H and O–H groups in total. The second-order valence-corrected chi connectivity index (χ2v) is 8.28. The lowest BCUT2D eigenvalue weighted by molar-refractivity contribution is -0.274. The first-order valence-electron chi connectivity index (χ1n) is 9.46. The van der Waals surface area contributed by atoms with Gasteiger partial charge in [0.1, 0.15) is 22.4 Å². The smallest absolute Gasteiger partial charge is 0.406 e. The Bertz CT molecular complexity index is 1110. The molecular formula is C20H22ClF3N6O2. The van der Waals surface area contributed by atoms with Crippen LogP contribution in [-0.4, -0.2) is 51.9 Å². The molecule has 0 aliphatic rings. The van der Waals surface area contributed by atoms with E-state index in [4.69, 9.17) is 17.3 Å². The highest BCUT2D eigenvalue weighted by Crippen LogP contribution is 2.24. The van der Waals surface area contributed by atoms with Gasteiger partial charge in [0.15, 0.2) is 0 Å². The van der Waals surface area contributed by atoms with Gasteiger partial charge in [0.25, 0.3) is 5.91 Å². The molecule has 12 heteroatoms. The highest BCUT2D eigenvalue weighted by Gasteiger charge is 2.31. The molecule has 1 amide bonds. The second-order valence-electron chi connectivity index (χ2n) is 7.84. The molecule has 0 aliphatic heterocycles. The summed E-state index contributed by atoms with van der Waals surface area (Å²) in [7, 11) is 3.84. The topological polar surface area (TPSA) is 98.3 Å². The van der Waals surface area contributed by atoms with Crippen LogP contribution < -0.4 is 15.8 Å². The maximum absolute atomic E-state index is 12.5. The van der Waals surface area contributed by atoms with Crippen LogP contribution in [0.5, 0.6) is 5.75 Å². The monoisotopic (exact) mass is 470 g/mol. The fourth-order valence-electron chi connectivity index (χ4n) is 3.10. The van der Waals surface area contributed by atoms with E-state index in [9.17, 15) is 18.0 Å². The zero-order chi connectivity index (χ0) is 23.7. The van der Waals surface area contributed by atoms with Crippen molar-refractivity contribution in [2.75, 3.05) is 14.1 Å². The summed E-state index contributed by atoms with van der Waals surface area (Å²) >= 11 is 6.18. The van der Waals surface area contributed by atoms with Crippen LogP contribution in [0.3, 0.4) is 0 Å². The fraction of sp³-hybridized carbons (Fsp3) is 0.350. The number of carbonyl (C=O) groups excluding carboxylic acids is 1. The van der Waals surface area contributed by atoms with Gasteiger partial charge in [0.05, 0.1) is 6.54 Å². The number of aromatic nitrogens is 3. The van der Waals surface area contributed by atoms with Gasteiger partial charge >= 0.3 is 6.36 Å². The first-order valence-corrected chi connectivity index (χ1v) is 9.84. The zero-order valence-electron chi connectivity index (χ0n) is 17.6. The lowest BCUT2D eigenvalue weighted by atomic mass is 10.1. The van der Waals surface area contributed by atoms with Crippen molar-refractivity contribution in [3.8, 4) is 5.75 Å². The van der Waals surface area contributed by atoms with E-state index < -0.39 is 23.7 Å². The number of nitrogens with two attached hydrogens (primary N) is 1. The van der Waals surface area contributed by atoms with E-state index in [2.05, 4.69) is 20.3 Å². The minimum atomic E-state index is -4.81. The van der Waals surface area contributed by atoms with Crippen molar-refractivity contribution >= 4 is 28.5 Å². The summed E-state index contributed by atoms with van der Waals surface area (Å²) in [6, 6.07) is 8.03. The van der Waals surface area contributed by atoms with E-state index in [1.807, 2.05) is 25.1 Å². The molecule has 0 radical (unpaired) electrons. The minimum absolute atomic E-state index is 0.0434. The van der Waals surface area contributed by atoms with E-state index in [0.717, 1.165) is 17.7 Å². The summed E-state index contributed by atoms with van der Waals surface area (Å²) in [5.74, 6) is -0.995. The number of hydrogen-bond donors (Lipinski definition) is 2. The van der Waals surface area contributed by atoms with Crippen molar-refractivity contribution in [1.29, 1.82) is 0 Å². The number of fused-ring (bicyclic) bond motifs is 1. The Kier molecular flexibility index (Phi) is 6.63. The number of nitrogens with zero attached hydrogens (tertiary/aromatic N) is 4. The number of rotatable bonds is 7. The van der Waals surface area contributed by atoms with Gasteiger partial charge in [-0.2, -0.15) is 15.0 Å². The van der Waals surface area contributed by atoms with Crippen molar-refractivity contribution in [2.45, 2.75) is 32.0 Å². The maximum Gasteiger partial charge on any atom is 0.573 e. The molecule has 0 spiro atoms. The summed E-state index contributed by atoms with van der Waals surface area (Å²) < 4.78 is 40.6. The van der Waals surface area contributed by atoms with Gasteiger partial charge in [-0.05, 0) is 63.0 Å². The van der Waals surface area contributed by atoms with Crippen LogP contribution in [0.4, 0.5) is 13.2 Å². The second kappa shape index (κ2) is 8.93. The Balaban J connectivity index is 1.73. The Morgan fingerprint density at radius 3 is 2.47 bits per heavy atom. The molecule has 1 heterocycles. The molecular weight excluding hydrogens is 449 g/mol. The van der Waals surface area contributed by atoms with Gasteiger partial charge in [-0.3, -0.25) is 4.79 Å². The van der Waals surface area contributed by atoms with Crippen LogP contribution in [0.2, 0.25) is 5.02 Å². The molecule has 3 aromatic rings. The lowest BCUT2D eigenvalue weighted by Crippen LogP contribution is -2.56. The van der Waals surface area contributed by atoms with Gasteiger partial charge in [0, 0.05) is 17.1 Å². The van der Waals surface area contributed by atoms with Crippen molar-refractivity contribution in [3.63, 3.8) is 0 Å². The molecule has 172 valence electrons. The van der Waals surface area contributed by atoms with Crippen molar-refractivity contribution in [2.24, 2.45) is 5.73 Å². The Morgan fingerprint density at radius 2 is 1.88 bits per heavy atom. The summed E-state index contributed by atoms with van der Waals surface area (Å²) in [5.41, 5.74) is 7.26. The van der Waals surface area contributed by atoms with Gasteiger partial charge in [-0.15, -0.1) is 13.2 Å². The van der Waals surface area contributed by atoms with Crippen LogP contribution in [0.1, 0.15) is 22.8 Å². The van der Waals surface area contributed by atoms with Crippen molar-refractivity contribution < 1.29 is 22.7 Å². The Morgan fingerprint density at radius 1 is 1.22 bits per heavy atom. The fourth-order valence-corrected chi connectivity index (χ4v) is 3.33. The molecule has 0 bridgehead atoms. The number of amides is 1. The lowest BCUT2D eigenvalue weighted by Gasteiger charge is -2.25. The van der Waals surface area contributed by atoms with Crippen molar-refractivity contribution in [3.05, 3.63) is 52.5 Å². The Labute approximate surface area is 187 Å². The Hall–Kier alpha value is -2.89. The standard InChI is InChI=1S/C20H22ClF3N6O2/c1-19(25,26-18(31)12-4-6-15(7-5-12)32-20(22,23)24)11-30-27-16-9-14(21)8-13(10-29(2)3)17(16)28-30/h4-9H,10-11,25H2,1-3H3,(H,26,31). The SMILES string of the molecule is CN(C)Cc1cc(Cl)cc2nn(CC(C)(N)NC(=O)c3ccc(OC(F)(F)F)cc3)nc12. The molecule has 1 aromatic heterocycles. The first-order chi connectivity index (χ1) is 14.8. The van der Waals surface area contributed by atoms with Gasteiger partial charge < -0.3 is 20.7 Å². The largest absolute Gasteiger partial charge is 0.573 e. The molecule has 0 aliphatic carbocycles. The van der Waals surface area contributed by atoms with Gasteiger partial charge in [-0.25, -0.2) is 0 Å². The predicted molar refractivity (Wildman–Crippen MR) is 113 cm³/mol. The predicted octanol–water partition coefficient (Wildman–Crippen LogP) is 3.15. The zero-order valence-corrected chi connectivity index (χ0v) is 18.3. The molecule has 2 aromatic carbocycles. The molecule has 8 nitrogen and oxygen atoms in total. The number of halogens is 4. The van der Waals surface area contributed by atoms with Crippen LogP contribution in [-0.2, 0) is 13.1 Å². The van der Waals surface area contributed by atoms with Crippen LogP contribution >= 0.6 is 11.6 Å². The first kappa shape index (κ1) is 23.8. The maximum atomic E-state index is 12.5. The molecule has 3 rings (SSSR count). The average molecular weight is 471 g/mol. The number of benzene rings is 2. The van der Waals surface area contributed by atoms with Gasteiger partial charge in [-0.1, -0.05) is 11.6 Å². The molecule has 1 atom stereocenters. The summed E-state index contributed by atoms with van der Waals surface area (Å²) in [4.78, 5) is 15.9. The van der Waals surface area contributed by atoms with Gasteiger partial charge in [0.2, 0.25) is 0 Å². The summed E-state index contributed by atoms with van der Waals surface area (Å²) in [6.45, 7) is 2.23. The minimum Gasteiger partial charge on any atom is -0.406 e. The van der Waals surface area contributed by atoms with Crippen molar-refractivity contribution in [1.82, 2.24) is 25.2 Å². The number of nitrogens with one attached hydrogen (secondary N) is 1. The van der Waals surface area contributed by atoms with E-state index in [-0.39, 0.29) is 12.1 Å². The average Bonchev–Trinajstić information content (AvgIpc) is 3.01. The normalized spacial score (nSPS) is 13.9. The summed E-state index contributed by atoms with van der Waals surface area (Å²) in [6.07, 6.45) is -4.81. The highest BCUT2D eigenvalue weighted by atomic mass is 35.5. The third-order valence-corrected chi connectivity index (χ3v) is 4.50. The molecule has 0 saturated carbocycles. The van der Waals surface area contributed by atoms with E-state index in [0.29, 0.717) is 22.6 Å². The highest BCUT2D eigenvalue weighted by molar-refractivity contribution is 6.31. The number of carbonyl (C=O) groups is 1. The van der Waals surface area contributed by atoms with E-state index in [1.165, 1.54) is 16.9 Å². The molecule has 0 fully saturated rings. The molecule has 32 heavy (non-hydrogen) atoms. The third-order valence-electron chi connectivity index (χ3n) is 4.28. The quantitative estimate of drug-likeness (QED) is 0.515. The van der Waals surface area contributed by atoms with Crippen LogP contribution in [0.25, 0.3) is 11.0 Å². The van der Waals surface area contributed by atoms with E-state index in [1.54, 1.807) is 13.0 Å². The molecule has 1 unspecified atom stereocenters. The third kappa shape index (κ3) is 6.31. The molecule has 0 saturated heterocycles. The number of hydrogen-bond acceptors (Lipinski definition) is 6. The van der Waals surface area contributed by atoms with E-state index >= 15 is 0 Å². The number of alkyl halides is 3.